The van der Waals surface area contributed by atoms with E-state index in [-0.39, 0.29) is 12.1 Å². The molecule has 2 saturated heterocycles. The van der Waals surface area contributed by atoms with Gasteiger partial charge in [0.15, 0.2) is 0 Å². The van der Waals surface area contributed by atoms with Gasteiger partial charge in [0.25, 0.3) is 0 Å². The zero-order valence-corrected chi connectivity index (χ0v) is 18.5. The second kappa shape index (κ2) is 11.2. The van der Waals surface area contributed by atoms with Crippen molar-refractivity contribution >= 4 is 6.03 Å². The molecule has 0 aliphatic carbocycles. The van der Waals surface area contributed by atoms with Crippen molar-refractivity contribution in [1.82, 2.24) is 15.1 Å². The highest BCUT2D eigenvalue weighted by Crippen LogP contribution is 2.30. The number of carbonyl (C=O) groups excluding carboxylic acids is 1. The molecule has 2 amide bonds. The molecule has 0 saturated carbocycles. The summed E-state index contributed by atoms with van der Waals surface area (Å²) in [7, 11) is 0. The smallest absolute Gasteiger partial charge is 0.317 e. The van der Waals surface area contributed by atoms with Gasteiger partial charge in [-0.2, -0.15) is 5.26 Å². The van der Waals surface area contributed by atoms with Gasteiger partial charge in [-0.1, -0.05) is 18.9 Å². The van der Waals surface area contributed by atoms with E-state index in [0.29, 0.717) is 24.1 Å². The minimum Gasteiger partial charge on any atom is -0.492 e. The van der Waals surface area contributed by atoms with Crippen LogP contribution in [0.25, 0.3) is 0 Å². The number of nitriles is 1. The standard InChI is InChI=1S/C24H36N4O2/c1-19(2)26-24(29)28-12-5-3-4-9-23(28)21-10-13-27(14-11-21)15-16-30-22-8-6-7-20(17-22)18-25/h6-8,17,19,21,23H,3-5,9-16H2,1-2H3,(H,26,29). The molecule has 2 aliphatic rings. The first-order valence-electron chi connectivity index (χ1n) is 11.5. The van der Waals surface area contributed by atoms with Gasteiger partial charge in [-0.3, -0.25) is 4.90 Å². The van der Waals surface area contributed by atoms with E-state index in [2.05, 4.69) is 21.2 Å². The van der Waals surface area contributed by atoms with Crippen LogP contribution in [0.15, 0.2) is 24.3 Å². The monoisotopic (exact) mass is 412 g/mol. The van der Waals surface area contributed by atoms with Gasteiger partial charge in [-0.15, -0.1) is 0 Å². The van der Waals surface area contributed by atoms with Gasteiger partial charge in [0.05, 0.1) is 11.6 Å². The quantitative estimate of drug-likeness (QED) is 0.766. The number of hydrogen-bond acceptors (Lipinski definition) is 4. The lowest BCUT2D eigenvalue weighted by molar-refractivity contribution is 0.0935. The van der Waals surface area contributed by atoms with Crippen molar-refractivity contribution in [1.29, 1.82) is 5.26 Å². The third-order valence-corrected chi connectivity index (χ3v) is 6.29. The third-order valence-electron chi connectivity index (χ3n) is 6.29. The molecule has 1 unspecified atom stereocenters. The van der Waals surface area contributed by atoms with Gasteiger partial charge in [-0.25, -0.2) is 4.79 Å². The Kier molecular flexibility index (Phi) is 8.39. The van der Waals surface area contributed by atoms with Crippen LogP contribution in [0, 0.1) is 17.2 Å². The number of nitrogens with one attached hydrogen (secondary N) is 1. The minimum atomic E-state index is 0.118. The summed E-state index contributed by atoms with van der Waals surface area (Å²) in [6.07, 6.45) is 6.98. The van der Waals surface area contributed by atoms with Crippen molar-refractivity contribution in [3.63, 3.8) is 0 Å². The first-order valence-corrected chi connectivity index (χ1v) is 11.5. The summed E-state index contributed by atoms with van der Waals surface area (Å²) >= 11 is 0. The van der Waals surface area contributed by atoms with Gasteiger partial charge in [0, 0.05) is 25.2 Å². The van der Waals surface area contributed by atoms with Crippen molar-refractivity contribution < 1.29 is 9.53 Å². The number of likely N-dealkylation sites (tertiary alicyclic amines) is 2. The van der Waals surface area contributed by atoms with E-state index in [9.17, 15) is 4.79 Å². The Morgan fingerprint density at radius 2 is 2.00 bits per heavy atom. The average molecular weight is 413 g/mol. The minimum absolute atomic E-state index is 0.118. The van der Waals surface area contributed by atoms with E-state index >= 15 is 0 Å². The highest BCUT2D eigenvalue weighted by molar-refractivity contribution is 5.74. The van der Waals surface area contributed by atoms with Crippen LogP contribution in [-0.4, -0.2) is 60.7 Å². The third kappa shape index (κ3) is 6.37. The largest absolute Gasteiger partial charge is 0.492 e. The molecule has 3 rings (SSSR count). The zero-order valence-electron chi connectivity index (χ0n) is 18.5. The number of piperidine rings is 1. The molecular formula is C24H36N4O2. The fraction of sp³-hybridized carbons (Fsp3) is 0.667. The average Bonchev–Trinajstić information content (AvgIpc) is 3.00. The van der Waals surface area contributed by atoms with E-state index in [4.69, 9.17) is 10.00 Å². The summed E-state index contributed by atoms with van der Waals surface area (Å²) in [5.41, 5.74) is 0.628. The highest BCUT2D eigenvalue weighted by atomic mass is 16.5. The Morgan fingerprint density at radius 3 is 2.73 bits per heavy atom. The number of rotatable bonds is 6. The van der Waals surface area contributed by atoms with Gasteiger partial charge >= 0.3 is 6.03 Å². The molecule has 1 aromatic carbocycles. The molecule has 0 aromatic heterocycles. The van der Waals surface area contributed by atoms with Crippen LogP contribution in [0.1, 0.15) is 57.9 Å². The lowest BCUT2D eigenvalue weighted by Gasteiger charge is -2.40. The zero-order chi connectivity index (χ0) is 21.3. The number of ether oxygens (including phenoxy) is 1. The van der Waals surface area contributed by atoms with Crippen LogP contribution in [0.3, 0.4) is 0 Å². The molecule has 30 heavy (non-hydrogen) atoms. The SMILES string of the molecule is CC(C)NC(=O)N1CCCCCC1C1CCN(CCOc2cccc(C#N)c2)CC1. The maximum atomic E-state index is 12.8. The maximum absolute atomic E-state index is 12.8. The van der Waals surface area contributed by atoms with Gasteiger partial charge < -0.3 is 15.0 Å². The summed E-state index contributed by atoms with van der Waals surface area (Å²) in [4.78, 5) is 17.4. The molecule has 0 radical (unpaired) electrons. The number of amides is 2. The fourth-order valence-electron chi connectivity index (χ4n) is 4.72. The Balaban J connectivity index is 1.47. The van der Waals surface area contributed by atoms with Crippen molar-refractivity contribution in [2.45, 2.75) is 64.5 Å². The highest BCUT2D eigenvalue weighted by Gasteiger charge is 2.34. The molecule has 1 aromatic rings. The van der Waals surface area contributed by atoms with Crippen molar-refractivity contribution in [2.75, 3.05) is 32.8 Å². The summed E-state index contributed by atoms with van der Waals surface area (Å²) in [5.74, 6) is 1.35. The van der Waals surface area contributed by atoms with E-state index < -0.39 is 0 Å². The van der Waals surface area contributed by atoms with Crippen LogP contribution in [0.4, 0.5) is 4.79 Å². The molecular weight excluding hydrogens is 376 g/mol. The second-order valence-electron chi connectivity index (χ2n) is 8.88. The molecule has 2 heterocycles. The summed E-state index contributed by atoms with van der Waals surface area (Å²) in [6.45, 7) is 8.59. The number of carbonyl (C=O) groups is 1. The van der Waals surface area contributed by atoms with E-state index in [0.717, 1.165) is 57.6 Å². The summed E-state index contributed by atoms with van der Waals surface area (Å²) in [5, 5.41) is 12.1. The Labute approximate surface area is 181 Å². The predicted molar refractivity (Wildman–Crippen MR) is 118 cm³/mol. The van der Waals surface area contributed by atoms with Crippen LogP contribution < -0.4 is 10.1 Å². The van der Waals surface area contributed by atoms with Gasteiger partial charge in [0.1, 0.15) is 12.4 Å². The molecule has 6 nitrogen and oxygen atoms in total. The number of urea groups is 1. The van der Waals surface area contributed by atoms with Gasteiger partial charge in [0.2, 0.25) is 0 Å². The molecule has 2 aliphatic heterocycles. The van der Waals surface area contributed by atoms with E-state index in [1.165, 1.54) is 12.8 Å². The Morgan fingerprint density at radius 1 is 1.20 bits per heavy atom. The van der Waals surface area contributed by atoms with Crippen LogP contribution in [0.2, 0.25) is 0 Å². The molecule has 1 N–H and O–H groups in total. The Bertz CT molecular complexity index is 722. The number of nitrogens with zero attached hydrogens (tertiary/aromatic N) is 3. The van der Waals surface area contributed by atoms with E-state index in [1.54, 1.807) is 12.1 Å². The molecule has 1 atom stereocenters. The van der Waals surface area contributed by atoms with Crippen LogP contribution >= 0.6 is 0 Å². The number of benzene rings is 1. The first kappa shape index (κ1) is 22.4. The molecule has 164 valence electrons. The molecule has 6 heteroatoms. The lowest BCUT2D eigenvalue weighted by atomic mass is 9.86. The topological polar surface area (TPSA) is 68.6 Å². The predicted octanol–water partition coefficient (Wildman–Crippen LogP) is 4.01. The maximum Gasteiger partial charge on any atom is 0.317 e. The fourth-order valence-corrected chi connectivity index (χ4v) is 4.72. The number of hydrogen-bond donors (Lipinski definition) is 1. The van der Waals surface area contributed by atoms with Crippen molar-refractivity contribution in [3.8, 4) is 11.8 Å². The van der Waals surface area contributed by atoms with Crippen LogP contribution in [-0.2, 0) is 0 Å². The summed E-state index contributed by atoms with van der Waals surface area (Å²) in [6, 6.07) is 10.1. The summed E-state index contributed by atoms with van der Waals surface area (Å²) < 4.78 is 5.84. The van der Waals surface area contributed by atoms with Gasteiger partial charge in [-0.05, 0) is 76.7 Å². The first-order chi connectivity index (χ1) is 14.6. The normalized spacial score (nSPS) is 21.1. The van der Waals surface area contributed by atoms with E-state index in [1.807, 2.05) is 26.0 Å². The van der Waals surface area contributed by atoms with Crippen LogP contribution in [0.5, 0.6) is 5.75 Å². The molecule has 0 bridgehead atoms. The van der Waals surface area contributed by atoms with Crippen molar-refractivity contribution in [3.05, 3.63) is 29.8 Å². The molecule has 0 spiro atoms. The van der Waals surface area contributed by atoms with Crippen molar-refractivity contribution in [2.24, 2.45) is 5.92 Å². The second-order valence-corrected chi connectivity index (χ2v) is 8.88. The lowest BCUT2D eigenvalue weighted by Crippen LogP contribution is -2.52. The molecule has 2 fully saturated rings. The Hall–Kier alpha value is -2.26.